The van der Waals surface area contributed by atoms with Crippen LogP contribution >= 0.6 is 11.6 Å². The third-order valence-electron chi connectivity index (χ3n) is 3.61. The first-order valence-electron chi connectivity index (χ1n) is 8.35. The lowest BCUT2D eigenvalue weighted by molar-refractivity contribution is -0.147. The van der Waals surface area contributed by atoms with Crippen LogP contribution in [0.2, 0.25) is 5.02 Å². The maximum atomic E-state index is 11.9. The van der Waals surface area contributed by atoms with Gasteiger partial charge in [-0.3, -0.25) is 9.59 Å². The number of hydrogen-bond donors (Lipinski definition) is 1. The van der Waals surface area contributed by atoms with Gasteiger partial charge in [0.05, 0.1) is 6.61 Å². The summed E-state index contributed by atoms with van der Waals surface area (Å²) in [5.41, 5.74) is 2.59. The molecule has 0 spiro atoms. The van der Waals surface area contributed by atoms with Crippen LogP contribution in [0.5, 0.6) is 5.75 Å². The van der Waals surface area contributed by atoms with E-state index in [0.29, 0.717) is 23.7 Å². The quantitative estimate of drug-likeness (QED) is 0.552. The van der Waals surface area contributed by atoms with Crippen LogP contribution in [0.1, 0.15) is 24.0 Å². The standard InChI is InChI=1S/C20H22ClNO4/c1-14-5-3-6-17(11-14)25-10-4-7-20(24)26-13-19(23)22-18-9-8-16(21)12-15(18)2/h3,5-6,8-9,11-12H,4,7,10,13H2,1-2H3,(H,22,23). The van der Waals surface area contributed by atoms with E-state index in [2.05, 4.69) is 5.32 Å². The van der Waals surface area contributed by atoms with E-state index in [4.69, 9.17) is 21.1 Å². The Morgan fingerprint density at radius 3 is 2.65 bits per heavy atom. The number of nitrogens with one attached hydrogen (secondary N) is 1. The van der Waals surface area contributed by atoms with Gasteiger partial charge in [-0.15, -0.1) is 0 Å². The number of hydrogen-bond acceptors (Lipinski definition) is 4. The molecule has 138 valence electrons. The minimum Gasteiger partial charge on any atom is -0.494 e. The van der Waals surface area contributed by atoms with E-state index in [-0.39, 0.29) is 18.9 Å². The SMILES string of the molecule is Cc1cccc(OCCCC(=O)OCC(=O)Nc2ccc(Cl)cc2C)c1. The van der Waals surface area contributed by atoms with Gasteiger partial charge in [0.25, 0.3) is 5.91 Å². The molecule has 6 heteroatoms. The summed E-state index contributed by atoms with van der Waals surface area (Å²) in [5.74, 6) is -0.0447. The average Bonchev–Trinajstić information content (AvgIpc) is 2.59. The first kappa shape index (κ1) is 19.8. The number of carbonyl (C=O) groups is 2. The van der Waals surface area contributed by atoms with Gasteiger partial charge in [0, 0.05) is 17.1 Å². The number of ether oxygens (including phenoxy) is 2. The zero-order valence-electron chi connectivity index (χ0n) is 14.9. The molecule has 0 aromatic heterocycles. The van der Waals surface area contributed by atoms with Crippen LogP contribution in [0.25, 0.3) is 0 Å². The van der Waals surface area contributed by atoms with Gasteiger partial charge in [0.15, 0.2) is 6.61 Å². The lowest BCUT2D eigenvalue weighted by Crippen LogP contribution is -2.21. The number of amides is 1. The Morgan fingerprint density at radius 1 is 1.12 bits per heavy atom. The number of anilines is 1. The highest BCUT2D eigenvalue weighted by Gasteiger charge is 2.09. The first-order valence-corrected chi connectivity index (χ1v) is 8.73. The molecular formula is C20H22ClNO4. The largest absolute Gasteiger partial charge is 0.494 e. The molecule has 0 fully saturated rings. The zero-order chi connectivity index (χ0) is 18.9. The molecule has 0 atom stereocenters. The van der Waals surface area contributed by atoms with Crippen molar-refractivity contribution in [2.75, 3.05) is 18.5 Å². The minimum atomic E-state index is -0.430. The van der Waals surface area contributed by atoms with Gasteiger partial charge in [-0.25, -0.2) is 0 Å². The molecule has 0 aliphatic rings. The molecule has 2 aromatic carbocycles. The lowest BCUT2D eigenvalue weighted by Gasteiger charge is -2.09. The molecule has 5 nitrogen and oxygen atoms in total. The van der Waals surface area contributed by atoms with Crippen molar-refractivity contribution in [1.82, 2.24) is 0 Å². The van der Waals surface area contributed by atoms with Crippen LogP contribution in [0.15, 0.2) is 42.5 Å². The molecule has 0 radical (unpaired) electrons. The van der Waals surface area contributed by atoms with Gasteiger partial charge >= 0.3 is 5.97 Å². The van der Waals surface area contributed by atoms with E-state index in [1.807, 2.05) is 38.1 Å². The Morgan fingerprint density at radius 2 is 1.92 bits per heavy atom. The van der Waals surface area contributed by atoms with Gasteiger partial charge in [0.1, 0.15) is 5.75 Å². The van der Waals surface area contributed by atoms with E-state index in [0.717, 1.165) is 16.9 Å². The fourth-order valence-electron chi connectivity index (χ4n) is 2.28. The number of aryl methyl sites for hydroxylation is 2. The predicted molar refractivity (Wildman–Crippen MR) is 102 cm³/mol. The molecule has 0 bridgehead atoms. The number of carbonyl (C=O) groups excluding carboxylic acids is 2. The minimum absolute atomic E-state index is 0.194. The number of rotatable bonds is 8. The summed E-state index contributed by atoms with van der Waals surface area (Å²) in [7, 11) is 0. The molecule has 0 unspecified atom stereocenters. The lowest BCUT2D eigenvalue weighted by atomic mass is 10.2. The van der Waals surface area contributed by atoms with Crippen LogP contribution in [-0.2, 0) is 14.3 Å². The summed E-state index contributed by atoms with van der Waals surface area (Å²) in [6, 6.07) is 12.8. The molecule has 0 saturated heterocycles. The van der Waals surface area contributed by atoms with E-state index in [1.165, 1.54) is 0 Å². The maximum absolute atomic E-state index is 11.9. The fraction of sp³-hybridized carbons (Fsp3) is 0.300. The second-order valence-electron chi connectivity index (χ2n) is 5.94. The van der Waals surface area contributed by atoms with Gasteiger partial charge in [-0.1, -0.05) is 23.7 Å². The number of benzene rings is 2. The smallest absolute Gasteiger partial charge is 0.306 e. The summed E-state index contributed by atoms with van der Waals surface area (Å²) in [5, 5.41) is 3.28. The van der Waals surface area contributed by atoms with Crippen LogP contribution in [0, 0.1) is 13.8 Å². The Balaban J connectivity index is 1.64. The topological polar surface area (TPSA) is 64.6 Å². The monoisotopic (exact) mass is 375 g/mol. The molecule has 26 heavy (non-hydrogen) atoms. The van der Waals surface area contributed by atoms with Crippen molar-refractivity contribution < 1.29 is 19.1 Å². The molecule has 0 aliphatic carbocycles. The average molecular weight is 376 g/mol. The fourth-order valence-corrected chi connectivity index (χ4v) is 2.51. The molecule has 2 aromatic rings. The van der Waals surface area contributed by atoms with Crippen molar-refractivity contribution in [3.8, 4) is 5.75 Å². The maximum Gasteiger partial charge on any atom is 0.306 e. The van der Waals surface area contributed by atoms with Gasteiger partial charge < -0.3 is 14.8 Å². The Hall–Kier alpha value is -2.53. The van der Waals surface area contributed by atoms with Crippen molar-refractivity contribution in [1.29, 1.82) is 0 Å². The molecule has 1 amide bonds. The number of esters is 1. The van der Waals surface area contributed by atoms with E-state index in [1.54, 1.807) is 18.2 Å². The van der Waals surface area contributed by atoms with Crippen molar-refractivity contribution >= 4 is 29.2 Å². The predicted octanol–water partition coefficient (Wildman–Crippen LogP) is 4.30. The Kier molecular flexibility index (Phi) is 7.48. The second kappa shape index (κ2) is 9.82. The molecule has 1 N–H and O–H groups in total. The third kappa shape index (κ3) is 6.76. The molecule has 0 heterocycles. The van der Waals surface area contributed by atoms with Crippen LogP contribution in [0.3, 0.4) is 0 Å². The number of halogens is 1. The highest BCUT2D eigenvalue weighted by molar-refractivity contribution is 6.30. The molecule has 0 saturated carbocycles. The summed E-state index contributed by atoms with van der Waals surface area (Å²) in [6.45, 7) is 3.91. The normalized spacial score (nSPS) is 10.3. The first-order chi connectivity index (χ1) is 12.4. The highest BCUT2D eigenvalue weighted by atomic mass is 35.5. The summed E-state index contributed by atoms with van der Waals surface area (Å²) in [6.07, 6.45) is 0.712. The zero-order valence-corrected chi connectivity index (χ0v) is 15.6. The van der Waals surface area contributed by atoms with Crippen LogP contribution in [-0.4, -0.2) is 25.1 Å². The van der Waals surface area contributed by atoms with Crippen molar-refractivity contribution in [2.45, 2.75) is 26.7 Å². The third-order valence-corrected chi connectivity index (χ3v) is 3.85. The summed E-state index contributed by atoms with van der Waals surface area (Å²) < 4.78 is 10.5. The Labute approximate surface area is 158 Å². The van der Waals surface area contributed by atoms with Crippen LogP contribution < -0.4 is 10.1 Å². The molecular weight excluding hydrogens is 354 g/mol. The van der Waals surface area contributed by atoms with E-state index < -0.39 is 5.97 Å². The molecule has 0 aliphatic heterocycles. The summed E-state index contributed by atoms with van der Waals surface area (Å²) >= 11 is 5.87. The van der Waals surface area contributed by atoms with Gasteiger partial charge in [-0.2, -0.15) is 0 Å². The van der Waals surface area contributed by atoms with E-state index in [9.17, 15) is 9.59 Å². The van der Waals surface area contributed by atoms with Crippen LogP contribution in [0.4, 0.5) is 5.69 Å². The second-order valence-corrected chi connectivity index (χ2v) is 6.37. The van der Waals surface area contributed by atoms with Crippen molar-refractivity contribution in [3.63, 3.8) is 0 Å². The Bertz CT molecular complexity index is 776. The van der Waals surface area contributed by atoms with Crippen molar-refractivity contribution in [2.24, 2.45) is 0 Å². The molecule has 2 rings (SSSR count). The van der Waals surface area contributed by atoms with Gasteiger partial charge in [-0.05, 0) is 61.7 Å². The van der Waals surface area contributed by atoms with E-state index >= 15 is 0 Å². The van der Waals surface area contributed by atoms with Crippen molar-refractivity contribution in [3.05, 3.63) is 58.6 Å². The van der Waals surface area contributed by atoms with Gasteiger partial charge in [0.2, 0.25) is 0 Å². The summed E-state index contributed by atoms with van der Waals surface area (Å²) in [4.78, 5) is 23.6. The highest BCUT2D eigenvalue weighted by Crippen LogP contribution is 2.19.